The molecule has 4 nitrogen and oxygen atoms in total. The molecule has 1 saturated heterocycles. The van der Waals surface area contributed by atoms with E-state index in [2.05, 4.69) is 17.2 Å². The highest BCUT2D eigenvalue weighted by Gasteiger charge is 2.36. The maximum atomic E-state index is 9.42. The zero-order chi connectivity index (χ0) is 12.3. The minimum Gasteiger partial charge on any atom is -0.311 e. The molecule has 0 amide bonds. The normalized spacial score (nSPS) is 18.2. The number of nitriles is 2. The molecule has 0 atom stereocenters. The molecule has 2 rings (SSSR count). The number of halogens is 1. The molecule has 17 heavy (non-hydrogen) atoms. The zero-order valence-corrected chi connectivity index (χ0v) is 9.98. The Morgan fingerprint density at radius 3 is 2.53 bits per heavy atom. The lowest BCUT2D eigenvalue weighted by Crippen LogP contribution is -2.39. The molecule has 0 bridgehead atoms. The van der Waals surface area contributed by atoms with Gasteiger partial charge in [0.15, 0.2) is 6.19 Å². The number of hydrogen-bond acceptors (Lipinski definition) is 4. The van der Waals surface area contributed by atoms with Gasteiger partial charge in [-0.25, -0.2) is 0 Å². The first-order valence-electron chi connectivity index (χ1n) is 5.37. The van der Waals surface area contributed by atoms with Crippen LogP contribution in [0.4, 0.5) is 0 Å². The number of likely N-dealkylation sites (tertiary alicyclic amines) is 1. The maximum Gasteiger partial charge on any atom is 0.179 e. The predicted molar refractivity (Wildman–Crippen MR) is 63.0 cm³/mol. The molecule has 0 spiro atoms. The highest BCUT2D eigenvalue weighted by Crippen LogP contribution is 2.35. The first-order chi connectivity index (χ1) is 8.20. The second-order valence-corrected chi connectivity index (χ2v) is 4.61. The van der Waals surface area contributed by atoms with Crippen LogP contribution in [0.1, 0.15) is 18.4 Å². The van der Waals surface area contributed by atoms with Crippen molar-refractivity contribution in [2.75, 3.05) is 13.1 Å². The van der Waals surface area contributed by atoms with Gasteiger partial charge in [-0.3, -0.25) is 4.98 Å². The van der Waals surface area contributed by atoms with E-state index in [0.29, 0.717) is 31.0 Å². The second-order valence-electron chi connectivity index (χ2n) is 4.17. The van der Waals surface area contributed by atoms with Crippen LogP contribution in [0.25, 0.3) is 0 Å². The van der Waals surface area contributed by atoms with Gasteiger partial charge in [-0.1, -0.05) is 11.6 Å². The summed E-state index contributed by atoms with van der Waals surface area (Å²) in [6.45, 7) is 1.22. The second kappa shape index (κ2) is 4.61. The summed E-state index contributed by atoms with van der Waals surface area (Å²) >= 11 is 5.90. The average Bonchev–Trinajstić information content (AvgIpc) is 2.39. The van der Waals surface area contributed by atoms with Crippen LogP contribution in [0.5, 0.6) is 0 Å². The van der Waals surface area contributed by atoms with E-state index in [9.17, 15) is 5.26 Å². The summed E-state index contributed by atoms with van der Waals surface area (Å²) in [6.07, 6.45) is 6.63. The van der Waals surface area contributed by atoms with Crippen molar-refractivity contribution in [3.63, 3.8) is 0 Å². The number of pyridine rings is 1. The van der Waals surface area contributed by atoms with Crippen molar-refractivity contribution in [2.45, 2.75) is 18.3 Å². The van der Waals surface area contributed by atoms with Crippen molar-refractivity contribution >= 4 is 11.6 Å². The third kappa shape index (κ3) is 2.18. The Balaban J connectivity index is 2.29. The molecule has 1 aliphatic heterocycles. The summed E-state index contributed by atoms with van der Waals surface area (Å²) in [4.78, 5) is 5.70. The fraction of sp³-hybridized carbons (Fsp3) is 0.417. The summed E-state index contributed by atoms with van der Waals surface area (Å²) in [7, 11) is 0. The van der Waals surface area contributed by atoms with E-state index in [-0.39, 0.29) is 0 Å². The van der Waals surface area contributed by atoms with Gasteiger partial charge in [0, 0.05) is 25.5 Å². The Hall–Kier alpha value is -1.78. The quantitative estimate of drug-likeness (QED) is 0.712. The van der Waals surface area contributed by atoms with Gasteiger partial charge >= 0.3 is 0 Å². The Morgan fingerprint density at radius 2 is 2.00 bits per heavy atom. The highest BCUT2D eigenvalue weighted by atomic mass is 35.5. The van der Waals surface area contributed by atoms with Gasteiger partial charge in [0.2, 0.25) is 0 Å². The standard InChI is InChI=1S/C12H11ClN4/c13-11-5-10(6-16-7-11)12(8-14)1-3-17(9-15)4-2-12/h5-7H,1-4H2. The Bertz CT molecular complexity index is 492. The third-order valence-electron chi connectivity index (χ3n) is 3.23. The van der Waals surface area contributed by atoms with Crippen LogP contribution in [-0.4, -0.2) is 23.0 Å². The maximum absolute atomic E-state index is 9.42. The highest BCUT2D eigenvalue weighted by molar-refractivity contribution is 6.30. The van der Waals surface area contributed by atoms with E-state index >= 15 is 0 Å². The van der Waals surface area contributed by atoms with E-state index in [1.807, 2.05) is 0 Å². The molecule has 1 aromatic heterocycles. The van der Waals surface area contributed by atoms with Crippen molar-refractivity contribution < 1.29 is 0 Å². The van der Waals surface area contributed by atoms with E-state index < -0.39 is 5.41 Å². The van der Waals surface area contributed by atoms with Crippen LogP contribution >= 0.6 is 11.6 Å². The molecule has 0 aromatic carbocycles. The van der Waals surface area contributed by atoms with Gasteiger partial charge < -0.3 is 4.90 Å². The summed E-state index contributed by atoms with van der Waals surface area (Å²) in [6, 6.07) is 4.16. The largest absolute Gasteiger partial charge is 0.311 e. The summed E-state index contributed by atoms with van der Waals surface area (Å²) in [5, 5.41) is 18.8. The number of aromatic nitrogens is 1. The van der Waals surface area contributed by atoms with E-state index in [1.54, 1.807) is 23.4 Å². The summed E-state index contributed by atoms with van der Waals surface area (Å²) in [5.74, 6) is 0. The lowest BCUT2D eigenvalue weighted by atomic mass is 9.75. The molecule has 1 aliphatic rings. The Morgan fingerprint density at radius 1 is 1.29 bits per heavy atom. The Labute approximate surface area is 105 Å². The molecule has 0 saturated carbocycles. The molecule has 0 N–H and O–H groups in total. The van der Waals surface area contributed by atoms with Gasteiger partial charge in [0.25, 0.3) is 0 Å². The van der Waals surface area contributed by atoms with Crippen molar-refractivity contribution in [2.24, 2.45) is 0 Å². The zero-order valence-electron chi connectivity index (χ0n) is 9.23. The first-order valence-corrected chi connectivity index (χ1v) is 5.75. The average molecular weight is 247 g/mol. The van der Waals surface area contributed by atoms with Gasteiger partial charge in [0.1, 0.15) is 0 Å². The lowest BCUT2D eigenvalue weighted by Gasteiger charge is -2.34. The molecule has 2 heterocycles. The Kier molecular flexibility index (Phi) is 3.17. The molecule has 1 aromatic rings. The SMILES string of the molecule is N#CN1CCC(C#N)(c2cncc(Cl)c2)CC1. The smallest absolute Gasteiger partial charge is 0.179 e. The molecule has 5 heteroatoms. The predicted octanol–water partition coefficient (Wildman–Crippen LogP) is 2.07. The van der Waals surface area contributed by atoms with Crippen molar-refractivity contribution in [1.82, 2.24) is 9.88 Å². The van der Waals surface area contributed by atoms with E-state index in [0.717, 1.165) is 5.56 Å². The third-order valence-corrected chi connectivity index (χ3v) is 3.44. The van der Waals surface area contributed by atoms with Gasteiger partial charge in [-0.15, -0.1) is 0 Å². The summed E-state index contributed by atoms with van der Waals surface area (Å²) < 4.78 is 0. The van der Waals surface area contributed by atoms with E-state index in [1.165, 1.54) is 0 Å². The monoisotopic (exact) mass is 246 g/mol. The van der Waals surface area contributed by atoms with Crippen LogP contribution in [-0.2, 0) is 5.41 Å². The molecular weight excluding hydrogens is 236 g/mol. The molecule has 1 fully saturated rings. The fourth-order valence-corrected chi connectivity index (χ4v) is 2.30. The van der Waals surface area contributed by atoms with Gasteiger partial charge in [-0.2, -0.15) is 10.5 Å². The molecule has 0 radical (unpaired) electrons. The lowest BCUT2D eigenvalue weighted by molar-refractivity contribution is 0.255. The number of rotatable bonds is 1. The van der Waals surface area contributed by atoms with Crippen LogP contribution in [0.2, 0.25) is 5.02 Å². The van der Waals surface area contributed by atoms with Gasteiger partial charge in [-0.05, 0) is 24.5 Å². The van der Waals surface area contributed by atoms with Crippen molar-refractivity contribution in [3.05, 3.63) is 29.0 Å². The minimum atomic E-state index is -0.550. The van der Waals surface area contributed by atoms with Gasteiger partial charge in [0.05, 0.1) is 16.5 Å². The fourth-order valence-electron chi connectivity index (χ4n) is 2.13. The molecular formula is C12H11ClN4. The van der Waals surface area contributed by atoms with Crippen LogP contribution in [0.15, 0.2) is 18.5 Å². The van der Waals surface area contributed by atoms with Crippen LogP contribution < -0.4 is 0 Å². The number of piperidine rings is 1. The summed E-state index contributed by atoms with van der Waals surface area (Å²) in [5.41, 5.74) is 0.302. The molecule has 86 valence electrons. The first kappa shape index (κ1) is 11.7. The molecule has 0 unspecified atom stereocenters. The number of nitrogens with zero attached hydrogens (tertiary/aromatic N) is 4. The van der Waals surface area contributed by atoms with Crippen LogP contribution in [0.3, 0.4) is 0 Å². The molecule has 0 aliphatic carbocycles. The topological polar surface area (TPSA) is 63.7 Å². The van der Waals surface area contributed by atoms with Crippen molar-refractivity contribution in [3.8, 4) is 12.3 Å². The number of hydrogen-bond donors (Lipinski definition) is 0. The van der Waals surface area contributed by atoms with E-state index in [4.69, 9.17) is 16.9 Å². The van der Waals surface area contributed by atoms with Crippen LogP contribution in [0, 0.1) is 22.8 Å². The minimum absolute atomic E-state index is 0.542. The van der Waals surface area contributed by atoms with Crippen molar-refractivity contribution in [1.29, 1.82) is 10.5 Å².